The van der Waals surface area contributed by atoms with Crippen LogP contribution in [0, 0.1) is 0 Å². The largest absolute Gasteiger partial charge is 0.488 e. The summed E-state index contributed by atoms with van der Waals surface area (Å²) < 4.78 is 6.13. The zero-order chi connectivity index (χ0) is 15.2. The van der Waals surface area contributed by atoms with Gasteiger partial charge in [-0.3, -0.25) is 0 Å². The van der Waals surface area contributed by atoms with Gasteiger partial charge in [-0.1, -0.05) is 56.8 Å². The summed E-state index contributed by atoms with van der Waals surface area (Å²) >= 11 is 0. The minimum absolute atomic E-state index is 0.268. The van der Waals surface area contributed by atoms with Crippen molar-refractivity contribution in [2.24, 2.45) is 0 Å². The van der Waals surface area contributed by atoms with Gasteiger partial charge in [0.05, 0.1) is 0 Å². The smallest absolute Gasteiger partial charge is 0.132 e. The molecule has 0 fully saturated rings. The average molecular weight is 283 g/mol. The summed E-state index contributed by atoms with van der Waals surface area (Å²) in [5.74, 6) is 0.983. The predicted molar refractivity (Wildman–Crippen MR) is 91.0 cm³/mol. The van der Waals surface area contributed by atoms with Crippen molar-refractivity contribution in [1.29, 1.82) is 0 Å². The second-order valence-electron chi connectivity index (χ2n) is 5.38. The Morgan fingerprint density at radius 1 is 1.19 bits per heavy atom. The SMILES string of the molecule is C=C(CC)COc1c(C(C)NCC)ccc2ccccc12. The quantitative estimate of drug-likeness (QED) is 0.733. The van der Waals surface area contributed by atoms with Crippen molar-refractivity contribution in [2.75, 3.05) is 13.2 Å². The molecule has 0 saturated heterocycles. The molecule has 2 rings (SSSR count). The van der Waals surface area contributed by atoms with Crippen LogP contribution in [0.15, 0.2) is 48.6 Å². The maximum absolute atomic E-state index is 6.13. The molecule has 21 heavy (non-hydrogen) atoms. The van der Waals surface area contributed by atoms with E-state index < -0.39 is 0 Å². The molecule has 0 heterocycles. The zero-order valence-electron chi connectivity index (χ0n) is 13.3. The summed E-state index contributed by atoms with van der Waals surface area (Å²) in [6.45, 7) is 12.0. The van der Waals surface area contributed by atoms with Crippen LogP contribution in [-0.4, -0.2) is 13.2 Å². The monoisotopic (exact) mass is 283 g/mol. The number of rotatable bonds is 7. The standard InChI is InChI=1S/C19H25NO/c1-5-14(3)13-21-19-17(15(4)20-6-2)12-11-16-9-7-8-10-18(16)19/h7-12,15,20H,3,5-6,13H2,1-2,4H3. The molecule has 0 aliphatic carbocycles. The number of nitrogens with one attached hydrogen (secondary N) is 1. The van der Waals surface area contributed by atoms with Gasteiger partial charge in [0.1, 0.15) is 12.4 Å². The first kappa shape index (κ1) is 15.6. The summed E-state index contributed by atoms with van der Waals surface area (Å²) in [5, 5.41) is 5.85. The van der Waals surface area contributed by atoms with Crippen LogP contribution in [0.1, 0.15) is 38.8 Å². The molecule has 1 N–H and O–H groups in total. The zero-order valence-corrected chi connectivity index (χ0v) is 13.3. The van der Waals surface area contributed by atoms with Crippen LogP contribution in [0.4, 0.5) is 0 Å². The van der Waals surface area contributed by atoms with E-state index in [-0.39, 0.29) is 6.04 Å². The average Bonchev–Trinajstić information content (AvgIpc) is 2.52. The molecule has 0 aromatic heterocycles. The van der Waals surface area contributed by atoms with Crippen molar-refractivity contribution >= 4 is 10.8 Å². The highest BCUT2D eigenvalue weighted by Crippen LogP contribution is 2.34. The van der Waals surface area contributed by atoms with Gasteiger partial charge in [0, 0.05) is 17.0 Å². The van der Waals surface area contributed by atoms with E-state index in [9.17, 15) is 0 Å². The highest BCUT2D eigenvalue weighted by Gasteiger charge is 2.14. The first-order valence-electron chi connectivity index (χ1n) is 7.71. The summed E-state index contributed by atoms with van der Waals surface area (Å²) in [6.07, 6.45) is 0.947. The van der Waals surface area contributed by atoms with E-state index >= 15 is 0 Å². The molecule has 0 radical (unpaired) electrons. The molecular formula is C19H25NO. The van der Waals surface area contributed by atoms with Gasteiger partial charge in [-0.15, -0.1) is 0 Å². The fraction of sp³-hybridized carbons (Fsp3) is 0.368. The van der Waals surface area contributed by atoms with E-state index in [1.54, 1.807) is 0 Å². The Morgan fingerprint density at radius 3 is 2.67 bits per heavy atom. The third-order valence-corrected chi connectivity index (χ3v) is 3.81. The minimum atomic E-state index is 0.268. The molecule has 2 nitrogen and oxygen atoms in total. The van der Waals surface area contributed by atoms with Crippen LogP contribution >= 0.6 is 0 Å². The van der Waals surface area contributed by atoms with Crippen LogP contribution in [0.5, 0.6) is 5.75 Å². The fourth-order valence-corrected chi connectivity index (χ4v) is 2.45. The summed E-state index contributed by atoms with van der Waals surface area (Å²) in [6, 6.07) is 13.0. The lowest BCUT2D eigenvalue weighted by Gasteiger charge is -2.20. The van der Waals surface area contributed by atoms with Gasteiger partial charge < -0.3 is 10.1 Å². The van der Waals surface area contributed by atoms with E-state index in [1.165, 1.54) is 16.3 Å². The van der Waals surface area contributed by atoms with E-state index in [0.717, 1.165) is 24.3 Å². The number of benzene rings is 2. The van der Waals surface area contributed by atoms with Crippen LogP contribution in [-0.2, 0) is 0 Å². The maximum atomic E-state index is 6.13. The van der Waals surface area contributed by atoms with E-state index in [4.69, 9.17) is 4.74 Å². The minimum Gasteiger partial charge on any atom is -0.488 e. The van der Waals surface area contributed by atoms with Gasteiger partial charge >= 0.3 is 0 Å². The normalized spacial score (nSPS) is 12.3. The van der Waals surface area contributed by atoms with Gasteiger partial charge in [-0.05, 0) is 30.8 Å². The molecule has 0 amide bonds. The second kappa shape index (κ2) is 7.28. The van der Waals surface area contributed by atoms with Crippen molar-refractivity contribution in [2.45, 2.75) is 33.2 Å². The Bertz CT molecular complexity index is 618. The highest BCUT2D eigenvalue weighted by atomic mass is 16.5. The molecule has 2 aromatic rings. The maximum Gasteiger partial charge on any atom is 0.132 e. The van der Waals surface area contributed by atoms with E-state index in [1.807, 2.05) is 0 Å². The molecule has 0 spiro atoms. The first-order valence-corrected chi connectivity index (χ1v) is 7.71. The van der Waals surface area contributed by atoms with Crippen molar-refractivity contribution in [3.05, 3.63) is 54.1 Å². The molecule has 0 saturated carbocycles. The number of fused-ring (bicyclic) bond motifs is 1. The van der Waals surface area contributed by atoms with Crippen molar-refractivity contribution in [1.82, 2.24) is 5.32 Å². The third-order valence-electron chi connectivity index (χ3n) is 3.81. The predicted octanol–water partition coefficient (Wildman–Crippen LogP) is 4.86. The van der Waals surface area contributed by atoms with E-state index in [0.29, 0.717) is 6.61 Å². The summed E-state index contributed by atoms with van der Waals surface area (Å²) in [4.78, 5) is 0. The van der Waals surface area contributed by atoms with Gasteiger partial charge in [0.25, 0.3) is 0 Å². The van der Waals surface area contributed by atoms with Gasteiger partial charge in [0.15, 0.2) is 0 Å². The Hall–Kier alpha value is -1.80. The van der Waals surface area contributed by atoms with Crippen molar-refractivity contribution < 1.29 is 4.74 Å². The van der Waals surface area contributed by atoms with Crippen molar-refractivity contribution in [3.8, 4) is 5.75 Å². The summed E-state index contributed by atoms with van der Waals surface area (Å²) in [5.41, 5.74) is 2.32. The fourth-order valence-electron chi connectivity index (χ4n) is 2.45. The van der Waals surface area contributed by atoms with Crippen LogP contribution in [0.3, 0.4) is 0 Å². The molecule has 0 aliphatic heterocycles. The Kier molecular flexibility index (Phi) is 5.40. The van der Waals surface area contributed by atoms with Crippen LogP contribution < -0.4 is 10.1 Å². The highest BCUT2D eigenvalue weighted by molar-refractivity contribution is 5.89. The molecule has 2 heteroatoms. The molecule has 0 aliphatic rings. The van der Waals surface area contributed by atoms with Gasteiger partial charge in [0.2, 0.25) is 0 Å². The molecule has 112 valence electrons. The Labute approximate surface area is 127 Å². The first-order chi connectivity index (χ1) is 10.2. The summed E-state index contributed by atoms with van der Waals surface area (Å²) in [7, 11) is 0. The number of hydrogen-bond donors (Lipinski definition) is 1. The lowest BCUT2D eigenvalue weighted by atomic mass is 10.0. The lowest BCUT2D eigenvalue weighted by molar-refractivity contribution is 0.345. The van der Waals surface area contributed by atoms with E-state index in [2.05, 4.69) is 69.1 Å². The number of ether oxygens (including phenoxy) is 1. The molecule has 0 bridgehead atoms. The van der Waals surface area contributed by atoms with Crippen LogP contribution in [0.25, 0.3) is 10.8 Å². The number of hydrogen-bond acceptors (Lipinski definition) is 2. The Balaban J connectivity index is 2.44. The Morgan fingerprint density at radius 2 is 1.95 bits per heavy atom. The van der Waals surface area contributed by atoms with Crippen LogP contribution in [0.2, 0.25) is 0 Å². The van der Waals surface area contributed by atoms with Crippen molar-refractivity contribution in [3.63, 3.8) is 0 Å². The van der Waals surface area contributed by atoms with Gasteiger partial charge in [-0.25, -0.2) is 0 Å². The molecule has 1 atom stereocenters. The second-order valence-corrected chi connectivity index (χ2v) is 5.38. The third kappa shape index (κ3) is 3.64. The molecule has 1 unspecified atom stereocenters. The lowest BCUT2D eigenvalue weighted by Crippen LogP contribution is -2.19. The topological polar surface area (TPSA) is 21.3 Å². The molecular weight excluding hydrogens is 258 g/mol. The molecule has 2 aromatic carbocycles. The van der Waals surface area contributed by atoms with Gasteiger partial charge in [-0.2, -0.15) is 0 Å².